The number of piperidine rings is 1. The van der Waals surface area contributed by atoms with E-state index in [0.29, 0.717) is 35.6 Å². The van der Waals surface area contributed by atoms with Crippen molar-refractivity contribution in [3.05, 3.63) is 28.8 Å². The van der Waals surface area contributed by atoms with Gasteiger partial charge in [-0.2, -0.15) is 0 Å². The Kier molecular flexibility index (Phi) is 6.52. The fourth-order valence-corrected chi connectivity index (χ4v) is 3.12. The molecule has 1 aromatic rings. The molecule has 1 heterocycles. The average Bonchev–Trinajstić information content (AvgIpc) is 2.54. The van der Waals surface area contributed by atoms with Crippen LogP contribution in [-0.4, -0.2) is 26.1 Å². The molecule has 22 heavy (non-hydrogen) atoms. The first kappa shape index (κ1) is 17.1. The molecule has 0 bridgehead atoms. The monoisotopic (exact) mass is 324 g/mol. The van der Waals surface area contributed by atoms with Crippen LogP contribution >= 0.6 is 11.6 Å². The number of methoxy groups -OCH3 is 1. The molecule has 2 unspecified atom stereocenters. The summed E-state index contributed by atoms with van der Waals surface area (Å²) in [5, 5.41) is 7.02. The number of benzene rings is 1. The molecule has 1 aliphatic heterocycles. The summed E-state index contributed by atoms with van der Waals surface area (Å²) in [6.07, 6.45) is 2.99. The van der Waals surface area contributed by atoms with Crippen molar-refractivity contribution >= 4 is 17.5 Å². The second kappa shape index (κ2) is 8.39. The van der Waals surface area contributed by atoms with E-state index >= 15 is 0 Å². The summed E-state index contributed by atoms with van der Waals surface area (Å²) in [7, 11) is 1.61. The van der Waals surface area contributed by atoms with Gasteiger partial charge in [0.25, 0.3) is 0 Å². The smallest absolute Gasteiger partial charge is 0.220 e. The summed E-state index contributed by atoms with van der Waals surface area (Å²) in [6, 6.07) is 5.46. The molecule has 2 atom stereocenters. The molecular formula is C17H25ClN2O2. The fraction of sp³-hybridized carbons (Fsp3) is 0.588. The van der Waals surface area contributed by atoms with Gasteiger partial charge in [-0.25, -0.2) is 0 Å². The second-order valence-corrected chi connectivity index (χ2v) is 6.46. The van der Waals surface area contributed by atoms with Gasteiger partial charge in [0.15, 0.2) is 0 Å². The third-order valence-electron chi connectivity index (χ3n) is 4.37. The Hall–Kier alpha value is -1.26. The van der Waals surface area contributed by atoms with E-state index in [2.05, 4.69) is 17.6 Å². The number of nitrogens with one attached hydrogen (secondary N) is 2. The van der Waals surface area contributed by atoms with E-state index in [0.717, 1.165) is 18.7 Å². The zero-order valence-corrected chi connectivity index (χ0v) is 14.1. The van der Waals surface area contributed by atoms with Gasteiger partial charge in [-0.15, -0.1) is 0 Å². The zero-order valence-electron chi connectivity index (χ0n) is 13.3. The van der Waals surface area contributed by atoms with E-state index in [4.69, 9.17) is 16.3 Å². The van der Waals surface area contributed by atoms with Crippen molar-refractivity contribution < 1.29 is 9.53 Å². The van der Waals surface area contributed by atoms with Crippen molar-refractivity contribution in [2.75, 3.05) is 20.2 Å². The zero-order chi connectivity index (χ0) is 15.9. The van der Waals surface area contributed by atoms with Gasteiger partial charge in [-0.3, -0.25) is 4.79 Å². The van der Waals surface area contributed by atoms with E-state index in [1.54, 1.807) is 13.2 Å². The van der Waals surface area contributed by atoms with Crippen molar-refractivity contribution in [1.29, 1.82) is 0 Å². The topological polar surface area (TPSA) is 50.4 Å². The molecule has 2 N–H and O–H groups in total. The first-order valence-corrected chi connectivity index (χ1v) is 8.27. The van der Waals surface area contributed by atoms with Gasteiger partial charge in [-0.1, -0.05) is 24.6 Å². The molecule has 0 saturated carbocycles. The molecule has 1 fully saturated rings. The van der Waals surface area contributed by atoms with Crippen molar-refractivity contribution in [1.82, 2.24) is 10.6 Å². The van der Waals surface area contributed by atoms with Crippen LogP contribution in [0.4, 0.5) is 0 Å². The van der Waals surface area contributed by atoms with Crippen molar-refractivity contribution in [2.45, 2.75) is 32.7 Å². The highest BCUT2D eigenvalue weighted by molar-refractivity contribution is 6.30. The van der Waals surface area contributed by atoms with Gasteiger partial charge in [0.2, 0.25) is 5.91 Å². The largest absolute Gasteiger partial charge is 0.496 e. The Bertz CT molecular complexity index is 501. The lowest BCUT2D eigenvalue weighted by molar-refractivity contribution is -0.122. The lowest BCUT2D eigenvalue weighted by atomic mass is 9.85. The van der Waals surface area contributed by atoms with Gasteiger partial charge in [-0.05, 0) is 49.9 Å². The molecule has 1 aliphatic rings. The summed E-state index contributed by atoms with van der Waals surface area (Å²) in [6.45, 7) is 4.76. The van der Waals surface area contributed by atoms with Gasteiger partial charge < -0.3 is 15.4 Å². The molecule has 0 spiro atoms. The first-order chi connectivity index (χ1) is 10.6. The van der Waals surface area contributed by atoms with Crippen LogP contribution in [0.2, 0.25) is 5.02 Å². The molecule has 2 rings (SSSR count). The molecule has 0 radical (unpaired) electrons. The quantitative estimate of drug-likeness (QED) is 0.845. The Morgan fingerprint density at radius 3 is 3.05 bits per heavy atom. The maximum absolute atomic E-state index is 12.1. The molecule has 0 aliphatic carbocycles. The maximum atomic E-state index is 12.1. The Morgan fingerprint density at radius 2 is 2.36 bits per heavy atom. The Balaban J connectivity index is 1.82. The Morgan fingerprint density at radius 1 is 1.55 bits per heavy atom. The highest BCUT2D eigenvalue weighted by atomic mass is 35.5. The number of halogens is 1. The standard InChI is InChI=1S/C17H25ClN2O2/c1-12(13-4-3-7-19-10-13)8-17(21)20-11-14-5-6-15(18)9-16(14)22-2/h5-6,9,12-13,19H,3-4,7-8,10-11H2,1-2H3,(H,20,21). The summed E-state index contributed by atoms with van der Waals surface area (Å²) in [5.74, 6) is 1.80. The second-order valence-electron chi connectivity index (χ2n) is 6.02. The average molecular weight is 325 g/mol. The van der Waals surface area contributed by atoms with E-state index in [1.165, 1.54) is 12.8 Å². The summed E-state index contributed by atoms with van der Waals surface area (Å²) in [5.41, 5.74) is 0.937. The number of hydrogen-bond acceptors (Lipinski definition) is 3. The molecular weight excluding hydrogens is 300 g/mol. The molecule has 1 amide bonds. The minimum absolute atomic E-state index is 0.0927. The third kappa shape index (κ3) is 4.89. The maximum Gasteiger partial charge on any atom is 0.220 e. The van der Waals surface area contributed by atoms with Crippen LogP contribution < -0.4 is 15.4 Å². The van der Waals surface area contributed by atoms with Crippen LogP contribution in [0.3, 0.4) is 0 Å². The lowest BCUT2D eigenvalue weighted by Gasteiger charge is -2.28. The normalized spacial score (nSPS) is 19.5. The summed E-state index contributed by atoms with van der Waals surface area (Å²) >= 11 is 5.94. The van der Waals surface area contributed by atoms with Crippen LogP contribution in [-0.2, 0) is 11.3 Å². The fourth-order valence-electron chi connectivity index (χ4n) is 2.95. The molecule has 1 aromatic carbocycles. The van der Waals surface area contributed by atoms with E-state index in [9.17, 15) is 4.79 Å². The van der Waals surface area contributed by atoms with Gasteiger partial charge >= 0.3 is 0 Å². The van der Waals surface area contributed by atoms with Crippen molar-refractivity contribution in [2.24, 2.45) is 11.8 Å². The minimum Gasteiger partial charge on any atom is -0.496 e. The first-order valence-electron chi connectivity index (χ1n) is 7.90. The predicted molar refractivity (Wildman–Crippen MR) is 89.2 cm³/mol. The lowest BCUT2D eigenvalue weighted by Crippen LogP contribution is -2.35. The van der Waals surface area contributed by atoms with E-state index < -0.39 is 0 Å². The van der Waals surface area contributed by atoms with Crippen LogP contribution in [0.5, 0.6) is 5.75 Å². The molecule has 1 saturated heterocycles. The summed E-state index contributed by atoms with van der Waals surface area (Å²) in [4.78, 5) is 12.1. The molecule has 0 aromatic heterocycles. The van der Waals surface area contributed by atoms with Crippen molar-refractivity contribution in [3.63, 3.8) is 0 Å². The van der Waals surface area contributed by atoms with E-state index in [1.807, 2.05) is 12.1 Å². The molecule has 5 heteroatoms. The minimum atomic E-state index is 0.0927. The highest BCUT2D eigenvalue weighted by Gasteiger charge is 2.21. The van der Waals surface area contributed by atoms with Gasteiger partial charge in [0.05, 0.1) is 7.11 Å². The number of carbonyl (C=O) groups is 1. The predicted octanol–water partition coefficient (Wildman–Crippen LogP) is 2.99. The third-order valence-corrected chi connectivity index (χ3v) is 4.61. The highest BCUT2D eigenvalue weighted by Crippen LogP contribution is 2.24. The number of ether oxygens (including phenoxy) is 1. The number of rotatable bonds is 6. The molecule has 122 valence electrons. The number of carbonyl (C=O) groups excluding carboxylic acids is 1. The van der Waals surface area contributed by atoms with Crippen LogP contribution in [0, 0.1) is 11.8 Å². The van der Waals surface area contributed by atoms with Gasteiger partial charge in [0.1, 0.15) is 5.75 Å². The summed E-state index contributed by atoms with van der Waals surface area (Å²) < 4.78 is 5.29. The van der Waals surface area contributed by atoms with Crippen molar-refractivity contribution in [3.8, 4) is 5.75 Å². The Labute approximate surface area is 137 Å². The van der Waals surface area contributed by atoms with E-state index in [-0.39, 0.29) is 5.91 Å². The van der Waals surface area contributed by atoms with Gasteiger partial charge in [0, 0.05) is 23.6 Å². The van der Waals surface area contributed by atoms with Crippen LogP contribution in [0.15, 0.2) is 18.2 Å². The molecule has 4 nitrogen and oxygen atoms in total. The number of amides is 1. The number of hydrogen-bond donors (Lipinski definition) is 2. The SMILES string of the molecule is COc1cc(Cl)ccc1CNC(=O)CC(C)C1CCCNC1. The van der Waals surface area contributed by atoms with Crippen LogP contribution in [0.1, 0.15) is 31.7 Å². The van der Waals surface area contributed by atoms with Crippen LogP contribution in [0.25, 0.3) is 0 Å².